The zero-order chi connectivity index (χ0) is 17.0. The average molecular weight is 334 g/mol. The molecule has 1 aromatic carbocycles. The molecule has 0 saturated heterocycles. The van der Waals surface area contributed by atoms with E-state index in [-0.39, 0.29) is 6.42 Å². The van der Waals surface area contributed by atoms with Crippen LogP contribution in [0.25, 0.3) is 11.3 Å². The predicted octanol–water partition coefficient (Wildman–Crippen LogP) is 3.60. The van der Waals surface area contributed by atoms with Gasteiger partial charge in [-0.2, -0.15) is 0 Å². The number of carboxylic acids is 1. The number of carboxylic acid groups (broad SMARTS) is 1. The van der Waals surface area contributed by atoms with Gasteiger partial charge in [-0.25, -0.2) is 4.98 Å². The van der Waals surface area contributed by atoms with Crippen molar-refractivity contribution >= 4 is 22.4 Å². The molecule has 0 unspecified atom stereocenters. The van der Waals surface area contributed by atoms with E-state index >= 15 is 0 Å². The number of methoxy groups -OCH3 is 1. The number of ether oxygens (including phenoxy) is 1. The van der Waals surface area contributed by atoms with Crippen molar-refractivity contribution in [2.45, 2.75) is 27.2 Å². The summed E-state index contributed by atoms with van der Waals surface area (Å²) in [4.78, 5) is 18.9. The number of benzene rings is 1. The van der Waals surface area contributed by atoms with Crippen molar-refractivity contribution in [3.8, 4) is 17.0 Å². The Labute approximate surface area is 140 Å². The molecule has 1 aromatic heterocycles. The quantitative estimate of drug-likeness (QED) is 0.838. The molecule has 0 bridgehead atoms. The van der Waals surface area contributed by atoms with Gasteiger partial charge >= 0.3 is 5.97 Å². The van der Waals surface area contributed by atoms with Crippen molar-refractivity contribution in [3.05, 3.63) is 28.6 Å². The summed E-state index contributed by atoms with van der Waals surface area (Å²) in [6.07, 6.45) is -0.0141. The highest BCUT2D eigenvalue weighted by atomic mass is 32.1. The second-order valence-corrected chi connectivity index (χ2v) is 6.25. The molecule has 0 amide bonds. The predicted molar refractivity (Wildman–Crippen MR) is 93.7 cm³/mol. The molecule has 0 fully saturated rings. The highest BCUT2D eigenvalue weighted by Gasteiger charge is 2.19. The number of thiazole rings is 1. The lowest BCUT2D eigenvalue weighted by Crippen LogP contribution is -2.21. The zero-order valence-corrected chi connectivity index (χ0v) is 14.7. The molecule has 23 heavy (non-hydrogen) atoms. The third kappa shape index (κ3) is 3.82. The Morgan fingerprint density at radius 1 is 1.35 bits per heavy atom. The Hall–Kier alpha value is -2.08. The lowest BCUT2D eigenvalue weighted by atomic mass is 10.0. The normalized spacial score (nSPS) is 10.6. The SMILES string of the molecule is CCN(CC)c1nc(-c2ccc(OC)cc2C)c(CC(=O)O)s1. The van der Waals surface area contributed by atoms with Gasteiger partial charge in [0.15, 0.2) is 5.13 Å². The summed E-state index contributed by atoms with van der Waals surface area (Å²) in [6.45, 7) is 7.81. The van der Waals surface area contributed by atoms with Crippen LogP contribution in [-0.2, 0) is 11.2 Å². The summed E-state index contributed by atoms with van der Waals surface area (Å²) < 4.78 is 5.24. The van der Waals surface area contributed by atoms with Gasteiger partial charge in [-0.3, -0.25) is 4.79 Å². The molecule has 124 valence electrons. The van der Waals surface area contributed by atoms with E-state index in [4.69, 9.17) is 9.72 Å². The number of carbonyl (C=O) groups is 1. The molecule has 0 saturated carbocycles. The van der Waals surface area contributed by atoms with Gasteiger partial charge in [0.1, 0.15) is 5.75 Å². The largest absolute Gasteiger partial charge is 0.497 e. The maximum absolute atomic E-state index is 11.2. The van der Waals surface area contributed by atoms with Crippen LogP contribution in [0.2, 0.25) is 0 Å². The Bertz CT molecular complexity index is 693. The van der Waals surface area contributed by atoms with E-state index < -0.39 is 5.97 Å². The third-order valence-corrected chi connectivity index (χ3v) is 4.84. The van der Waals surface area contributed by atoms with Gasteiger partial charge in [0.05, 0.1) is 19.2 Å². The molecule has 0 atom stereocenters. The summed E-state index contributed by atoms with van der Waals surface area (Å²) >= 11 is 1.46. The second kappa shape index (κ2) is 7.46. The maximum atomic E-state index is 11.2. The number of aromatic nitrogens is 1. The van der Waals surface area contributed by atoms with Crippen LogP contribution in [0, 0.1) is 6.92 Å². The molecule has 0 radical (unpaired) electrons. The van der Waals surface area contributed by atoms with Crippen molar-refractivity contribution in [2.75, 3.05) is 25.1 Å². The Balaban J connectivity index is 2.52. The fourth-order valence-electron chi connectivity index (χ4n) is 2.47. The number of hydrogen-bond donors (Lipinski definition) is 1. The molecule has 0 aliphatic rings. The molecule has 0 aliphatic heterocycles. The molecule has 2 aromatic rings. The van der Waals surface area contributed by atoms with Gasteiger partial charge in [-0.15, -0.1) is 11.3 Å². The van der Waals surface area contributed by atoms with E-state index in [1.807, 2.05) is 25.1 Å². The van der Waals surface area contributed by atoms with Gasteiger partial charge < -0.3 is 14.7 Å². The second-order valence-electron chi connectivity index (χ2n) is 5.19. The van der Waals surface area contributed by atoms with Crippen LogP contribution < -0.4 is 9.64 Å². The Kier molecular flexibility index (Phi) is 5.60. The van der Waals surface area contributed by atoms with Crippen molar-refractivity contribution in [1.82, 2.24) is 4.98 Å². The van der Waals surface area contributed by atoms with E-state index in [1.165, 1.54) is 11.3 Å². The van der Waals surface area contributed by atoms with E-state index in [0.29, 0.717) is 0 Å². The van der Waals surface area contributed by atoms with Crippen LogP contribution in [0.15, 0.2) is 18.2 Å². The van der Waals surface area contributed by atoms with Crippen LogP contribution in [-0.4, -0.2) is 36.3 Å². The standard InChI is InChI=1S/C17H22N2O3S/c1-5-19(6-2)17-18-16(14(23-17)10-15(20)21)13-8-7-12(22-4)9-11(13)3/h7-9H,5-6,10H2,1-4H3,(H,20,21). The monoisotopic (exact) mass is 334 g/mol. The van der Waals surface area contributed by atoms with Crippen molar-refractivity contribution < 1.29 is 14.6 Å². The Morgan fingerprint density at radius 2 is 2.04 bits per heavy atom. The van der Waals surface area contributed by atoms with Crippen LogP contribution in [0.5, 0.6) is 5.75 Å². The number of anilines is 1. The van der Waals surface area contributed by atoms with Crippen LogP contribution in [0.1, 0.15) is 24.3 Å². The fraction of sp³-hybridized carbons (Fsp3) is 0.412. The Morgan fingerprint density at radius 3 is 2.57 bits per heavy atom. The van der Waals surface area contributed by atoms with Crippen LogP contribution in [0.3, 0.4) is 0 Å². The lowest BCUT2D eigenvalue weighted by Gasteiger charge is -2.16. The first-order valence-electron chi connectivity index (χ1n) is 7.61. The van der Waals surface area contributed by atoms with Gasteiger partial charge in [0.25, 0.3) is 0 Å². The maximum Gasteiger partial charge on any atom is 0.308 e. The number of aryl methyl sites for hydroxylation is 1. The van der Waals surface area contributed by atoms with Gasteiger partial charge in [0.2, 0.25) is 0 Å². The van der Waals surface area contributed by atoms with Crippen molar-refractivity contribution in [3.63, 3.8) is 0 Å². The number of nitrogens with zero attached hydrogens (tertiary/aromatic N) is 2. The molecule has 2 rings (SSSR count). The first-order valence-corrected chi connectivity index (χ1v) is 8.43. The molecule has 1 heterocycles. The zero-order valence-electron chi connectivity index (χ0n) is 13.9. The lowest BCUT2D eigenvalue weighted by molar-refractivity contribution is -0.136. The molecule has 1 N–H and O–H groups in total. The fourth-order valence-corrected chi connectivity index (χ4v) is 3.66. The molecule has 6 heteroatoms. The molecule has 5 nitrogen and oxygen atoms in total. The topological polar surface area (TPSA) is 62.7 Å². The summed E-state index contributed by atoms with van der Waals surface area (Å²) in [7, 11) is 1.63. The summed E-state index contributed by atoms with van der Waals surface area (Å²) in [6, 6.07) is 5.76. The third-order valence-electron chi connectivity index (χ3n) is 3.72. The average Bonchev–Trinajstić information content (AvgIpc) is 2.91. The van der Waals surface area contributed by atoms with Crippen LogP contribution >= 0.6 is 11.3 Å². The number of hydrogen-bond acceptors (Lipinski definition) is 5. The van der Waals surface area contributed by atoms with E-state index in [0.717, 1.165) is 45.7 Å². The highest BCUT2D eigenvalue weighted by Crippen LogP contribution is 2.36. The smallest absolute Gasteiger partial charge is 0.308 e. The van der Waals surface area contributed by atoms with Crippen LogP contribution in [0.4, 0.5) is 5.13 Å². The minimum Gasteiger partial charge on any atom is -0.497 e. The molecule has 0 spiro atoms. The van der Waals surface area contributed by atoms with Crippen molar-refractivity contribution in [1.29, 1.82) is 0 Å². The first kappa shape index (κ1) is 17.3. The van der Waals surface area contributed by atoms with Gasteiger partial charge in [0, 0.05) is 23.5 Å². The molecular formula is C17H22N2O3S. The van der Waals surface area contributed by atoms with Crippen molar-refractivity contribution in [2.24, 2.45) is 0 Å². The number of aliphatic carboxylic acids is 1. The van der Waals surface area contributed by atoms with Gasteiger partial charge in [-0.1, -0.05) is 0 Å². The van der Waals surface area contributed by atoms with E-state index in [2.05, 4.69) is 18.7 Å². The molecular weight excluding hydrogens is 312 g/mol. The summed E-state index contributed by atoms with van der Waals surface area (Å²) in [5, 5.41) is 10.1. The minimum absolute atomic E-state index is 0.0141. The van der Waals surface area contributed by atoms with E-state index in [1.54, 1.807) is 7.11 Å². The minimum atomic E-state index is -0.841. The van der Waals surface area contributed by atoms with Gasteiger partial charge in [-0.05, 0) is 44.5 Å². The summed E-state index contributed by atoms with van der Waals surface area (Å²) in [5.41, 5.74) is 2.74. The first-order chi connectivity index (χ1) is 11.0. The molecule has 0 aliphatic carbocycles. The highest BCUT2D eigenvalue weighted by molar-refractivity contribution is 7.16. The number of rotatable bonds is 7. The summed E-state index contributed by atoms with van der Waals surface area (Å²) in [5.74, 6) is -0.0580. The van der Waals surface area contributed by atoms with E-state index in [9.17, 15) is 9.90 Å².